The van der Waals surface area contributed by atoms with Crippen molar-refractivity contribution in [3.63, 3.8) is 0 Å². The zero-order valence-corrected chi connectivity index (χ0v) is 13.6. The van der Waals surface area contributed by atoms with E-state index in [2.05, 4.69) is 4.98 Å². The number of hydrogen-bond donors (Lipinski definition) is 0. The lowest BCUT2D eigenvalue weighted by Crippen LogP contribution is -2.08. The van der Waals surface area contributed by atoms with Crippen molar-refractivity contribution in [1.29, 1.82) is 0 Å². The highest BCUT2D eigenvalue weighted by molar-refractivity contribution is 7.86. The van der Waals surface area contributed by atoms with E-state index in [0.717, 1.165) is 12.5 Å². The molecule has 0 saturated carbocycles. The van der Waals surface area contributed by atoms with Gasteiger partial charge in [0.1, 0.15) is 0 Å². The van der Waals surface area contributed by atoms with Gasteiger partial charge in [-0.15, -0.1) is 0 Å². The highest BCUT2D eigenvalue weighted by Crippen LogP contribution is 2.40. The van der Waals surface area contributed by atoms with Crippen molar-refractivity contribution < 1.29 is 17.0 Å². The summed E-state index contributed by atoms with van der Waals surface area (Å²) < 4.78 is 42.7. The molecule has 3 aromatic rings. The Bertz CT molecular complexity index is 958. The van der Waals surface area contributed by atoms with E-state index in [-0.39, 0.29) is 11.3 Å². The fourth-order valence-electron chi connectivity index (χ4n) is 2.46. The second kappa shape index (κ2) is 6.41. The van der Waals surface area contributed by atoms with Gasteiger partial charge in [0.15, 0.2) is 5.75 Å². The fraction of sp³-hybridized carbons (Fsp3) is 0.0556. The maximum absolute atomic E-state index is 14.5. The predicted octanol–water partition coefficient (Wildman–Crippen LogP) is 3.89. The number of hydrogen-bond acceptors (Lipinski definition) is 4. The van der Waals surface area contributed by atoms with Crippen LogP contribution in [0.2, 0.25) is 0 Å². The lowest BCUT2D eigenvalue weighted by molar-refractivity contribution is 0.489. The van der Waals surface area contributed by atoms with Crippen molar-refractivity contribution in [2.45, 2.75) is 0 Å². The second-order valence-electron chi connectivity index (χ2n) is 5.18. The van der Waals surface area contributed by atoms with E-state index in [1.54, 1.807) is 48.5 Å². The van der Waals surface area contributed by atoms with Gasteiger partial charge in [-0.25, -0.2) is 4.98 Å². The molecule has 122 valence electrons. The van der Waals surface area contributed by atoms with Crippen LogP contribution in [0.4, 0.5) is 4.39 Å². The summed E-state index contributed by atoms with van der Waals surface area (Å²) in [6, 6.07) is 17.7. The SMILES string of the molecule is CS(=O)(=O)Oc1cnc(F)c(-c2ccccc2)c1-c1ccccc1. The van der Waals surface area contributed by atoms with Crippen molar-refractivity contribution >= 4 is 10.1 Å². The number of pyridine rings is 1. The number of rotatable bonds is 4. The minimum absolute atomic E-state index is 0.0102. The lowest BCUT2D eigenvalue weighted by Gasteiger charge is -2.15. The number of aromatic nitrogens is 1. The quantitative estimate of drug-likeness (QED) is 0.533. The first-order valence-electron chi connectivity index (χ1n) is 7.14. The van der Waals surface area contributed by atoms with E-state index >= 15 is 0 Å². The minimum Gasteiger partial charge on any atom is -0.380 e. The van der Waals surface area contributed by atoms with Gasteiger partial charge in [-0.3, -0.25) is 0 Å². The molecule has 4 nitrogen and oxygen atoms in total. The van der Waals surface area contributed by atoms with Crippen LogP contribution in [0.1, 0.15) is 0 Å². The smallest absolute Gasteiger partial charge is 0.306 e. The summed E-state index contributed by atoms with van der Waals surface area (Å²) >= 11 is 0. The molecule has 0 fully saturated rings. The molecule has 0 atom stereocenters. The molecule has 0 spiro atoms. The Kier molecular flexibility index (Phi) is 4.31. The third kappa shape index (κ3) is 3.44. The molecule has 0 amide bonds. The molecular weight excluding hydrogens is 329 g/mol. The van der Waals surface area contributed by atoms with Crippen molar-refractivity contribution in [3.8, 4) is 28.0 Å². The molecule has 0 aliphatic rings. The molecule has 24 heavy (non-hydrogen) atoms. The standard InChI is InChI=1S/C18H14FNO3S/c1-24(21,22)23-15-12-20-18(19)17(14-10-6-3-7-11-14)16(15)13-8-4-2-5-9-13/h2-12H,1H3. The largest absolute Gasteiger partial charge is 0.380 e. The Balaban J connectivity index is 2.34. The van der Waals surface area contributed by atoms with E-state index in [4.69, 9.17) is 4.18 Å². The van der Waals surface area contributed by atoms with Crippen molar-refractivity contribution in [3.05, 3.63) is 72.8 Å². The van der Waals surface area contributed by atoms with Crippen LogP contribution < -0.4 is 4.18 Å². The highest BCUT2D eigenvalue weighted by atomic mass is 32.2. The van der Waals surface area contributed by atoms with Gasteiger partial charge in [-0.1, -0.05) is 60.7 Å². The Morgan fingerprint density at radius 2 is 1.38 bits per heavy atom. The number of benzene rings is 2. The summed E-state index contributed by atoms with van der Waals surface area (Å²) in [6.07, 6.45) is 2.03. The zero-order valence-electron chi connectivity index (χ0n) is 12.8. The van der Waals surface area contributed by atoms with Gasteiger partial charge in [-0.05, 0) is 11.1 Å². The Morgan fingerprint density at radius 3 is 1.88 bits per heavy atom. The summed E-state index contributed by atoms with van der Waals surface area (Å²) in [5, 5.41) is 0. The first-order chi connectivity index (χ1) is 11.5. The van der Waals surface area contributed by atoms with Crippen LogP contribution >= 0.6 is 0 Å². The van der Waals surface area contributed by atoms with Gasteiger partial charge in [0.2, 0.25) is 5.95 Å². The normalized spacial score (nSPS) is 11.2. The maximum Gasteiger partial charge on any atom is 0.306 e. The molecule has 0 aliphatic heterocycles. The molecule has 0 N–H and O–H groups in total. The maximum atomic E-state index is 14.5. The molecule has 1 aromatic heterocycles. The second-order valence-corrected chi connectivity index (χ2v) is 6.76. The number of nitrogens with zero attached hydrogens (tertiary/aromatic N) is 1. The molecule has 2 aromatic carbocycles. The van der Waals surface area contributed by atoms with Crippen molar-refractivity contribution in [1.82, 2.24) is 4.98 Å². The molecule has 6 heteroatoms. The number of halogens is 1. The molecule has 0 unspecified atom stereocenters. The first kappa shape index (κ1) is 16.1. The first-order valence-corrected chi connectivity index (χ1v) is 8.96. The third-order valence-corrected chi connectivity index (χ3v) is 3.85. The molecule has 0 radical (unpaired) electrons. The predicted molar refractivity (Wildman–Crippen MR) is 90.5 cm³/mol. The van der Waals surface area contributed by atoms with Crippen LogP contribution in [0, 0.1) is 5.95 Å². The zero-order chi connectivity index (χ0) is 17.2. The van der Waals surface area contributed by atoms with Crippen LogP contribution in [-0.4, -0.2) is 19.7 Å². The van der Waals surface area contributed by atoms with Gasteiger partial charge in [0, 0.05) is 11.1 Å². The third-order valence-electron chi connectivity index (χ3n) is 3.36. The van der Waals surface area contributed by atoms with Crippen LogP contribution in [-0.2, 0) is 10.1 Å². The molecule has 0 saturated heterocycles. The molecule has 3 rings (SSSR count). The highest BCUT2D eigenvalue weighted by Gasteiger charge is 2.21. The summed E-state index contributed by atoms with van der Waals surface area (Å²) in [5.41, 5.74) is 1.76. The van der Waals surface area contributed by atoms with Gasteiger partial charge in [0.25, 0.3) is 0 Å². The summed E-state index contributed by atoms with van der Waals surface area (Å²) in [4.78, 5) is 3.67. The summed E-state index contributed by atoms with van der Waals surface area (Å²) in [5.74, 6) is -0.704. The van der Waals surface area contributed by atoms with E-state index in [1.807, 2.05) is 12.1 Å². The van der Waals surface area contributed by atoms with Gasteiger partial charge >= 0.3 is 10.1 Å². The lowest BCUT2D eigenvalue weighted by atomic mass is 9.95. The Morgan fingerprint density at radius 1 is 0.875 bits per heavy atom. The summed E-state index contributed by atoms with van der Waals surface area (Å²) in [6.45, 7) is 0. The minimum atomic E-state index is -3.78. The van der Waals surface area contributed by atoms with Gasteiger partial charge in [-0.2, -0.15) is 12.8 Å². The van der Waals surface area contributed by atoms with Gasteiger partial charge in [0.05, 0.1) is 12.5 Å². The molecule has 1 heterocycles. The topological polar surface area (TPSA) is 56.3 Å². The monoisotopic (exact) mass is 343 g/mol. The average Bonchev–Trinajstić information content (AvgIpc) is 2.56. The average molecular weight is 343 g/mol. The van der Waals surface area contributed by atoms with Crippen LogP contribution in [0.15, 0.2) is 66.9 Å². The summed E-state index contributed by atoms with van der Waals surface area (Å²) in [7, 11) is -3.78. The van der Waals surface area contributed by atoms with Gasteiger partial charge < -0.3 is 4.18 Å². The van der Waals surface area contributed by atoms with Crippen LogP contribution in [0.25, 0.3) is 22.3 Å². The molecular formula is C18H14FNO3S. The van der Waals surface area contributed by atoms with E-state index in [9.17, 15) is 12.8 Å². The van der Waals surface area contributed by atoms with Crippen LogP contribution in [0.3, 0.4) is 0 Å². The van der Waals surface area contributed by atoms with Crippen LogP contribution in [0.5, 0.6) is 5.75 Å². The van der Waals surface area contributed by atoms with Crippen molar-refractivity contribution in [2.75, 3.05) is 6.26 Å². The molecule has 0 aliphatic carbocycles. The van der Waals surface area contributed by atoms with E-state index < -0.39 is 16.1 Å². The molecule has 0 bridgehead atoms. The van der Waals surface area contributed by atoms with Crippen molar-refractivity contribution in [2.24, 2.45) is 0 Å². The Hall–Kier alpha value is -2.73. The van der Waals surface area contributed by atoms with E-state index in [1.165, 1.54) is 0 Å². The Labute approximate surface area is 139 Å². The fourth-order valence-corrected chi connectivity index (χ4v) is 2.91. The van der Waals surface area contributed by atoms with E-state index in [0.29, 0.717) is 16.7 Å².